The zero-order valence-corrected chi connectivity index (χ0v) is 15.5. The molecule has 1 aliphatic rings. The fourth-order valence-corrected chi connectivity index (χ4v) is 3.13. The van der Waals surface area contributed by atoms with Crippen LogP contribution in [0.15, 0.2) is 24.3 Å². The molecule has 0 aliphatic heterocycles. The van der Waals surface area contributed by atoms with Gasteiger partial charge in [0, 0.05) is 18.2 Å². The molecule has 2 rings (SSSR count). The zero-order chi connectivity index (χ0) is 18.2. The van der Waals surface area contributed by atoms with Gasteiger partial charge >= 0.3 is 0 Å². The molecule has 0 aromatic heterocycles. The van der Waals surface area contributed by atoms with Crippen LogP contribution >= 0.6 is 0 Å². The van der Waals surface area contributed by atoms with Gasteiger partial charge in [-0.25, -0.2) is 0 Å². The van der Waals surface area contributed by atoms with Crippen molar-refractivity contribution in [2.24, 2.45) is 5.92 Å². The molecule has 1 fully saturated rings. The topological polar surface area (TPSA) is 67.4 Å². The molecule has 2 atom stereocenters. The van der Waals surface area contributed by atoms with Crippen molar-refractivity contribution in [3.05, 3.63) is 35.4 Å². The third kappa shape index (κ3) is 6.50. The predicted molar refractivity (Wildman–Crippen MR) is 98.3 cm³/mol. The maximum atomic E-state index is 12.0. The van der Waals surface area contributed by atoms with Gasteiger partial charge in [-0.05, 0) is 50.3 Å². The fourth-order valence-electron chi connectivity index (χ4n) is 3.13. The largest absolute Gasteiger partial charge is 0.368 e. The van der Waals surface area contributed by atoms with E-state index in [0.29, 0.717) is 18.0 Å². The normalized spacial score (nSPS) is 20.3. The molecule has 0 heterocycles. The summed E-state index contributed by atoms with van der Waals surface area (Å²) in [4.78, 5) is 24.0. The summed E-state index contributed by atoms with van der Waals surface area (Å²) in [6, 6.07) is 7.40. The number of ether oxygens (including phenoxy) is 1. The lowest BCUT2D eigenvalue weighted by atomic mass is 9.88. The van der Waals surface area contributed by atoms with Crippen molar-refractivity contribution < 1.29 is 14.3 Å². The van der Waals surface area contributed by atoms with Crippen LogP contribution in [-0.4, -0.2) is 30.6 Å². The van der Waals surface area contributed by atoms with Gasteiger partial charge in [-0.15, -0.1) is 0 Å². The predicted octanol–water partition coefficient (Wildman–Crippen LogP) is 3.04. The van der Waals surface area contributed by atoms with Crippen LogP contribution in [0.2, 0.25) is 0 Å². The van der Waals surface area contributed by atoms with Crippen LogP contribution in [-0.2, 0) is 16.1 Å². The molecule has 5 nitrogen and oxygen atoms in total. The Morgan fingerprint density at radius 2 is 2.00 bits per heavy atom. The Morgan fingerprint density at radius 1 is 1.24 bits per heavy atom. The Labute approximate surface area is 150 Å². The summed E-state index contributed by atoms with van der Waals surface area (Å²) in [5, 5.41) is 5.73. The number of carbonyl (C=O) groups excluding carboxylic acids is 2. The lowest BCUT2D eigenvalue weighted by Gasteiger charge is -2.28. The Bertz CT molecular complexity index is 586. The number of hydrogen-bond donors (Lipinski definition) is 2. The average Bonchev–Trinajstić information content (AvgIpc) is 2.59. The van der Waals surface area contributed by atoms with Gasteiger partial charge in [0.2, 0.25) is 5.91 Å². The van der Waals surface area contributed by atoms with Crippen molar-refractivity contribution in [1.29, 1.82) is 0 Å². The summed E-state index contributed by atoms with van der Waals surface area (Å²) in [5.74, 6) is 0.310. The number of nitrogens with one attached hydrogen (secondary N) is 2. The van der Waals surface area contributed by atoms with E-state index in [1.54, 1.807) is 6.07 Å². The summed E-state index contributed by atoms with van der Waals surface area (Å²) in [6.07, 6.45) is 4.86. The van der Waals surface area contributed by atoms with Crippen LogP contribution in [0.1, 0.15) is 62.4 Å². The number of carbonyl (C=O) groups is 2. The monoisotopic (exact) mass is 346 g/mol. The Kier molecular flexibility index (Phi) is 7.44. The van der Waals surface area contributed by atoms with E-state index in [9.17, 15) is 9.59 Å². The van der Waals surface area contributed by atoms with Gasteiger partial charge in [0.25, 0.3) is 5.91 Å². The highest BCUT2D eigenvalue weighted by Crippen LogP contribution is 2.26. The molecular weight excluding hydrogens is 316 g/mol. The molecule has 1 aliphatic carbocycles. The third-order valence-corrected chi connectivity index (χ3v) is 4.56. The molecule has 0 radical (unpaired) electrons. The Hall–Kier alpha value is -1.88. The molecule has 1 aromatic rings. The highest BCUT2D eigenvalue weighted by Gasteiger charge is 2.22. The second kappa shape index (κ2) is 9.56. The first-order chi connectivity index (χ1) is 12.0. The van der Waals surface area contributed by atoms with Gasteiger partial charge in [-0.3, -0.25) is 9.59 Å². The Balaban J connectivity index is 1.78. The van der Waals surface area contributed by atoms with Crippen LogP contribution in [0.3, 0.4) is 0 Å². The fraction of sp³-hybridized carbons (Fsp3) is 0.600. The summed E-state index contributed by atoms with van der Waals surface area (Å²) < 4.78 is 5.77. The van der Waals surface area contributed by atoms with Crippen LogP contribution in [0.4, 0.5) is 0 Å². The first kappa shape index (κ1) is 19.4. The third-order valence-electron chi connectivity index (χ3n) is 4.56. The minimum Gasteiger partial charge on any atom is -0.368 e. The van der Waals surface area contributed by atoms with Crippen LogP contribution in [0, 0.1) is 5.92 Å². The second-order valence-corrected chi connectivity index (χ2v) is 7.22. The maximum Gasteiger partial charge on any atom is 0.251 e. The van der Waals surface area contributed by atoms with E-state index in [4.69, 9.17) is 4.74 Å². The van der Waals surface area contributed by atoms with Crippen LogP contribution in [0.5, 0.6) is 0 Å². The minimum absolute atomic E-state index is 0.0928. The first-order valence-electron chi connectivity index (χ1n) is 9.24. The quantitative estimate of drug-likeness (QED) is 0.797. The van der Waals surface area contributed by atoms with E-state index in [-0.39, 0.29) is 30.6 Å². The molecule has 0 bridgehead atoms. The van der Waals surface area contributed by atoms with Gasteiger partial charge < -0.3 is 15.4 Å². The highest BCUT2D eigenvalue weighted by atomic mass is 16.5. The minimum atomic E-state index is -0.116. The van der Waals surface area contributed by atoms with E-state index >= 15 is 0 Å². The highest BCUT2D eigenvalue weighted by molar-refractivity contribution is 5.94. The molecular formula is C20H30N2O3. The second-order valence-electron chi connectivity index (χ2n) is 7.22. The maximum absolute atomic E-state index is 12.0. The molecule has 25 heavy (non-hydrogen) atoms. The van der Waals surface area contributed by atoms with E-state index in [0.717, 1.165) is 12.0 Å². The lowest BCUT2D eigenvalue weighted by Crippen LogP contribution is -2.33. The van der Waals surface area contributed by atoms with Crippen molar-refractivity contribution >= 4 is 11.8 Å². The molecule has 1 aromatic carbocycles. The standard InChI is InChI=1S/C20H30N2O3/c1-14(2)22-20(24)17-9-6-8-16(11-17)12-21-19(23)13-25-18-10-5-4-7-15(18)3/h6,8-9,11,14-15,18H,4-5,7,10,12-13H2,1-3H3,(H,21,23)(H,22,24)/t15-,18-/m1/s1. The van der Waals surface area contributed by atoms with Gasteiger partial charge in [0.1, 0.15) is 6.61 Å². The number of hydrogen-bond acceptors (Lipinski definition) is 3. The molecule has 2 amide bonds. The SMILES string of the molecule is CC(C)NC(=O)c1cccc(CNC(=O)CO[C@@H]2CCCC[C@H]2C)c1. The van der Waals surface area contributed by atoms with Crippen molar-refractivity contribution in [2.45, 2.75) is 65.1 Å². The van der Waals surface area contributed by atoms with E-state index in [1.807, 2.05) is 32.0 Å². The lowest BCUT2D eigenvalue weighted by molar-refractivity contribution is -0.129. The van der Waals surface area contributed by atoms with Crippen molar-refractivity contribution in [1.82, 2.24) is 10.6 Å². The van der Waals surface area contributed by atoms with Crippen molar-refractivity contribution in [2.75, 3.05) is 6.61 Å². The summed E-state index contributed by atoms with van der Waals surface area (Å²) in [7, 11) is 0. The number of benzene rings is 1. The number of rotatable bonds is 7. The van der Waals surface area contributed by atoms with E-state index in [1.165, 1.54) is 19.3 Å². The van der Waals surface area contributed by atoms with Gasteiger partial charge in [-0.1, -0.05) is 31.9 Å². The molecule has 0 unspecified atom stereocenters. The number of amides is 2. The van der Waals surface area contributed by atoms with Crippen molar-refractivity contribution in [3.8, 4) is 0 Å². The van der Waals surface area contributed by atoms with Gasteiger partial charge in [-0.2, -0.15) is 0 Å². The molecule has 0 saturated heterocycles. The zero-order valence-electron chi connectivity index (χ0n) is 15.5. The van der Waals surface area contributed by atoms with Crippen molar-refractivity contribution in [3.63, 3.8) is 0 Å². The molecule has 138 valence electrons. The summed E-state index contributed by atoms with van der Waals surface area (Å²) >= 11 is 0. The first-order valence-corrected chi connectivity index (χ1v) is 9.24. The summed E-state index contributed by atoms with van der Waals surface area (Å²) in [6.45, 7) is 6.54. The average molecular weight is 346 g/mol. The summed E-state index contributed by atoms with van der Waals surface area (Å²) in [5.41, 5.74) is 1.50. The van der Waals surface area contributed by atoms with Gasteiger partial charge in [0.15, 0.2) is 0 Å². The van der Waals surface area contributed by atoms with E-state index in [2.05, 4.69) is 17.6 Å². The van der Waals surface area contributed by atoms with Crippen LogP contribution in [0.25, 0.3) is 0 Å². The molecule has 1 saturated carbocycles. The molecule has 5 heteroatoms. The molecule has 2 N–H and O–H groups in total. The van der Waals surface area contributed by atoms with Crippen LogP contribution < -0.4 is 10.6 Å². The molecule has 0 spiro atoms. The smallest absolute Gasteiger partial charge is 0.251 e. The van der Waals surface area contributed by atoms with E-state index < -0.39 is 0 Å². The Morgan fingerprint density at radius 3 is 2.72 bits per heavy atom. The van der Waals surface area contributed by atoms with Gasteiger partial charge in [0.05, 0.1) is 6.10 Å².